The van der Waals surface area contributed by atoms with E-state index in [1.807, 2.05) is 23.4 Å². The first kappa shape index (κ1) is 14.6. The molecule has 1 saturated heterocycles. The minimum atomic E-state index is -1.29. The summed E-state index contributed by atoms with van der Waals surface area (Å²) < 4.78 is 29.3. The Morgan fingerprint density at radius 3 is 2.35 bits per heavy atom. The molecule has 1 unspecified atom stereocenters. The lowest BCUT2D eigenvalue weighted by Crippen LogP contribution is -2.48. The van der Waals surface area contributed by atoms with Crippen molar-refractivity contribution in [3.05, 3.63) is 29.3 Å². The maximum Gasteiger partial charge on any atom is 0.192 e. The highest BCUT2D eigenvalue weighted by atomic mass is 35.5. The van der Waals surface area contributed by atoms with Gasteiger partial charge in [0.15, 0.2) is 4.90 Å². The Hall–Kier alpha value is -0.290. The van der Waals surface area contributed by atoms with Crippen LogP contribution < -0.4 is 0 Å². The molecule has 0 spiro atoms. The van der Waals surface area contributed by atoms with Gasteiger partial charge in [0.1, 0.15) is 5.67 Å². The molecule has 1 aromatic carbocycles. The van der Waals surface area contributed by atoms with Crippen molar-refractivity contribution in [2.24, 2.45) is 5.41 Å². The van der Waals surface area contributed by atoms with E-state index >= 15 is 0 Å². The smallest absolute Gasteiger partial charge is 0.192 e. The Kier molecular flexibility index (Phi) is 3.78. The second-order valence-corrected chi connectivity index (χ2v) is 8.00. The van der Waals surface area contributed by atoms with Gasteiger partial charge >= 0.3 is 0 Å². The van der Waals surface area contributed by atoms with Crippen LogP contribution >= 0.6 is 11.6 Å². The standard InChI is InChI=1S/C15H19ClFNOS/c1-14(6-7-14)15(17)8-10-18(11-9-15)20(19)13-5-3-2-4-12(13)16/h2-5H,6-11H2,1H3. The first-order chi connectivity index (χ1) is 9.45. The lowest BCUT2D eigenvalue weighted by molar-refractivity contribution is 0.0208. The van der Waals surface area contributed by atoms with E-state index in [2.05, 4.69) is 0 Å². The number of hydrogen-bond acceptors (Lipinski definition) is 2. The molecular formula is C15H19ClFNOS. The van der Waals surface area contributed by atoms with Gasteiger partial charge in [-0.25, -0.2) is 4.39 Å². The number of alkyl halides is 1. The molecule has 1 aliphatic carbocycles. The molecule has 0 radical (unpaired) electrons. The molecule has 0 bridgehead atoms. The fourth-order valence-corrected chi connectivity index (χ4v) is 4.53. The van der Waals surface area contributed by atoms with E-state index in [1.165, 1.54) is 0 Å². The number of hydrogen-bond donors (Lipinski definition) is 0. The zero-order valence-electron chi connectivity index (χ0n) is 11.6. The second kappa shape index (κ2) is 5.16. The average Bonchev–Trinajstić information content (AvgIpc) is 3.19. The summed E-state index contributed by atoms with van der Waals surface area (Å²) in [7, 11) is 0. The number of nitrogens with zero attached hydrogens (tertiary/aromatic N) is 1. The van der Waals surface area contributed by atoms with Crippen LogP contribution in [-0.2, 0) is 11.4 Å². The predicted octanol–water partition coefficient (Wildman–Crippen LogP) is 3.97. The molecule has 2 aliphatic rings. The van der Waals surface area contributed by atoms with Gasteiger partial charge in [-0.1, -0.05) is 30.7 Å². The van der Waals surface area contributed by atoms with Crippen molar-refractivity contribution in [1.29, 1.82) is 0 Å². The van der Waals surface area contributed by atoms with Crippen LogP contribution in [0.15, 0.2) is 29.2 Å². The Morgan fingerprint density at radius 2 is 1.80 bits per heavy atom. The van der Waals surface area contributed by atoms with Gasteiger partial charge < -0.3 is 4.55 Å². The van der Waals surface area contributed by atoms with E-state index < -0.39 is 17.0 Å². The van der Waals surface area contributed by atoms with Crippen molar-refractivity contribution in [2.75, 3.05) is 13.1 Å². The number of piperidine rings is 1. The van der Waals surface area contributed by atoms with Crippen LogP contribution in [0.3, 0.4) is 0 Å². The summed E-state index contributed by atoms with van der Waals surface area (Å²) in [6, 6.07) is 7.16. The zero-order chi connectivity index (χ0) is 14.4. The molecule has 0 amide bonds. The number of benzene rings is 1. The molecule has 1 atom stereocenters. The molecule has 110 valence electrons. The normalized spacial score (nSPS) is 26.2. The van der Waals surface area contributed by atoms with E-state index in [4.69, 9.17) is 11.6 Å². The van der Waals surface area contributed by atoms with Crippen LogP contribution in [0.2, 0.25) is 5.02 Å². The van der Waals surface area contributed by atoms with Gasteiger partial charge in [0.2, 0.25) is 0 Å². The SMILES string of the molecule is CC1(C2(F)CCN([S+]([O-])c3ccccc3Cl)CC2)CC1. The molecule has 5 heteroatoms. The van der Waals surface area contributed by atoms with Crippen molar-refractivity contribution >= 4 is 23.0 Å². The van der Waals surface area contributed by atoms with E-state index in [-0.39, 0.29) is 5.41 Å². The molecule has 1 aromatic rings. The van der Waals surface area contributed by atoms with Crippen LogP contribution in [0.1, 0.15) is 32.6 Å². The van der Waals surface area contributed by atoms with Gasteiger partial charge in [-0.3, -0.25) is 0 Å². The van der Waals surface area contributed by atoms with Gasteiger partial charge in [-0.05, 0) is 37.8 Å². The Bertz CT molecular complexity index is 500. The third-order valence-electron chi connectivity index (χ3n) is 4.86. The fraction of sp³-hybridized carbons (Fsp3) is 0.600. The Morgan fingerprint density at radius 1 is 1.20 bits per heavy atom. The number of halogens is 2. The fourth-order valence-electron chi connectivity index (χ4n) is 2.97. The van der Waals surface area contributed by atoms with Crippen LogP contribution in [-0.4, -0.2) is 27.6 Å². The van der Waals surface area contributed by atoms with Gasteiger partial charge in [-0.2, -0.15) is 0 Å². The molecule has 2 nitrogen and oxygen atoms in total. The topological polar surface area (TPSA) is 26.3 Å². The minimum Gasteiger partial charge on any atom is -0.593 e. The van der Waals surface area contributed by atoms with Crippen molar-refractivity contribution in [3.8, 4) is 0 Å². The van der Waals surface area contributed by atoms with E-state index in [0.717, 1.165) is 12.8 Å². The summed E-state index contributed by atoms with van der Waals surface area (Å²) in [5, 5.41) is 0.511. The largest absolute Gasteiger partial charge is 0.593 e. The van der Waals surface area contributed by atoms with Crippen LogP contribution in [0.25, 0.3) is 0 Å². The molecule has 0 aromatic heterocycles. The summed E-state index contributed by atoms with van der Waals surface area (Å²) in [5.74, 6) is 0. The summed E-state index contributed by atoms with van der Waals surface area (Å²) in [4.78, 5) is 0.623. The van der Waals surface area contributed by atoms with E-state index in [9.17, 15) is 8.94 Å². The summed E-state index contributed by atoms with van der Waals surface area (Å²) in [6.45, 7) is 3.10. The lowest BCUT2D eigenvalue weighted by atomic mass is 9.80. The van der Waals surface area contributed by atoms with Crippen LogP contribution in [0, 0.1) is 5.41 Å². The monoisotopic (exact) mass is 315 g/mol. The third kappa shape index (κ3) is 2.47. The van der Waals surface area contributed by atoms with Crippen LogP contribution in [0.4, 0.5) is 4.39 Å². The first-order valence-electron chi connectivity index (χ1n) is 7.06. The molecule has 20 heavy (non-hydrogen) atoms. The third-order valence-corrected chi connectivity index (χ3v) is 6.86. The van der Waals surface area contributed by atoms with Gasteiger partial charge in [0.25, 0.3) is 0 Å². The molecule has 0 N–H and O–H groups in total. The Labute approximate surface area is 127 Å². The molecule has 1 saturated carbocycles. The average molecular weight is 316 g/mol. The minimum absolute atomic E-state index is 0.134. The Balaban J connectivity index is 1.68. The predicted molar refractivity (Wildman–Crippen MR) is 79.8 cm³/mol. The number of rotatable bonds is 3. The lowest BCUT2D eigenvalue weighted by Gasteiger charge is -2.39. The highest BCUT2D eigenvalue weighted by molar-refractivity contribution is 7.89. The molecular weight excluding hydrogens is 297 g/mol. The van der Waals surface area contributed by atoms with E-state index in [1.54, 1.807) is 12.1 Å². The summed E-state index contributed by atoms with van der Waals surface area (Å²) in [5.41, 5.74) is -1.21. The van der Waals surface area contributed by atoms with E-state index in [0.29, 0.717) is 35.8 Å². The molecule has 1 aliphatic heterocycles. The van der Waals surface area contributed by atoms with Gasteiger partial charge in [0, 0.05) is 18.5 Å². The van der Waals surface area contributed by atoms with Crippen molar-refractivity contribution in [2.45, 2.75) is 43.2 Å². The highest BCUT2D eigenvalue weighted by Crippen LogP contribution is 2.59. The maximum absolute atomic E-state index is 14.9. The molecule has 2 fully saturated rings. The maximum atomic E-state index is 14.9. The second-order valence-electron chi connectivity index (χ2n) is 6.13. The van der Waals surface area contributed by atoms with Crippen LogP contribution in [0.5, 0.6) is 0 Å². The van der Waals surface area contributed by atoms with Crippen molar-refractivity contribution in [1.82, 2.24) is 4.31 Å². The van der Waals surface area contributed by atoms with Crippen molar-refractivity contribution in [3.63, 3.8) is 0 Å². The zero-order valence-corrected chi connectivity index (χ0v) is 13.1. The summed E-state index contributed by atoms with van der Waals surface area (Å²) >= 11 is 4.80. The van der Waals surface area contributed by atoms with Crippen molar-refractivity contribution < 1.29 is 8.94 Å². The molecule has 1 heterocycles. The highest BCUT2D eigenvalue weighted by Gasteiger charge is 2.58. The summed E-state index contributed by atoms with van der Waals surface area (Å²) in [6.07, 6.45) is 2.91. The van der Waals surface area contributed by atoms with Gasteiger partial charge in [0.05, 0.1) is 16.4 Å². The first-order valence-corrected chi connectivity index (χ1v) is 8.54. The van der Waals surface area contributed by atoms with Gasteiger partial charge in [-0.15, -0.1) is 4.31 Å². The molecule has 3 rings (SSSR count). The quantitative estimate of drug-likeness (QED) is 0.789.